The van der Waals surface area contributed by atoms with Crippen molar-refractivity contribution < 1.29 is 19.1 Å². The van der Waals surface area contributed by atoms with Crippen molar-refractivity contribution in [3.8, 4) is 5.75 Å². The maximum atomic E-state index is 12.8. The standard InChI is InChI=1S/C19H19N3O4S/c1-12-15-8-10-27-16(15)7-9-20(12)11-21-17(23)18(24)22(19(21)25)13-3-5-14(26-2)6-4-13/h3-6,8,10,12H,7,9,11H2,1-2H3/t12-/m1/s1. The predicted molar refractivity (Wildman–Crippen MR) is 101 cm³/mol. The first kappa shape index (κ1) is 17.7. The number of fused-ring (bicyclic) bond motifs is 1. The van der Waals surface area contributed by atoms with Gasteiger partial charge in [0, 0.05) is 17.5 Å². The maximum absolute atomic E-state index is 12.8. The number of carbonyl (C=O) groups excluding carboxylic acids is 3. The zero-order valence-corrected chi connectivity index (χ0v) is 15.9. The van der Waals surface area contributed by atoms with Crippen molar-refractivity contribution in [1.82, 2.24) is 9.80 Å². The van der Waals surface area contributed by atoms with E-state index in [1.165, 1.54) is 17.6 Å². The Balaban J connectivity index is 1.55. The summed E-state index contributed by atoms with van der Waals surface area (Å²) >= 11 is 1.73. The molecule has 0 radical (unpaired) electrons. The summed E-state index contributed by atoms with van der Waals surface area (Å²) in [6.07, 6.45) is 0.879. The van der Waals surface area contributed by atoms with Crippen LogP contribution in [0.4, 0.5) is 10.5 Å². The first-order valence-electron chi connectivity index (χ1n) is 8.65. The number of anilines is 1. The molecule has 0 spiro atoms. The summed E-state index contributed by atoms with van der Waals surface area (Å²) in [4.78, 5) is 43.0. The number of amides is 4. The van der Waals surface area contributed by atoms with E-state index in [0.29, 0.717) is 11.4 Å². The van der Waals surface area contributed by atoms with Crippen LogP contribution in [0.3, 0.4) is 0 Å². The number of hydrogen-bond acceptors (Lipinski definition) is 6. The van der Waals surface area contributed by atoms with E-state index in [4.69, 9.17) is 4.74 Å². The van der Waals surface area contributed by atoms with Crippen LogP contribution in [0.2, 0.25) is 0 Å². The largest absolute Gasteiger partial charge is 0.497 e. The SMILES string of the molecule is COc1ccc(N2C(=O)C(=O)N(CN3CCc4sccc4[C@H]3C)C2=O)cc1. The molecule has 1 fully saturated rings. The highest BCUT2D eigenvalue weighted by Gasteiger charge is 2.46. The second-order valence-electron chi connectivity index (χ2n) is 6.53. The zero-order chi connectivity index (χ0) is 19.1. The molecular formula is C19H19N3O4S. The average Bonchev–Trinajstić information content (AvgIpc) is 3.24. The number of rotatable bonds is 4. The fourth-order valence-electron chi connectivity index (χ4n) is 3.53. The Kier molecular flexibility index (Phi) is 4.45. The molecule has 4 rings (SSSR count). The van der Waals surface area contributed by atoms with Gasteiger partial charge in [0.2, 0.25) is 0 Å². The van der Waals surface area contributed by atoms with E-state index in [1.54, 1.807) is 35.6 Å². The van der Waals surface area contributed by atoms with E-state index >= 15 is 0 Å². The number of imide groups is 2. The second kappa shape index (κ2) is 6.79. The van der Waals surface area contributed by atoms with Gasteiger partial charge >= 0.3 is 17.8 Å². The lowest BCUT2D eigenvalue weighted by molar-refractivity contribution is -0.140. The van der Waals surface area contributed by atoms with E-state index in [0.717, 1.165) is 22.8 Å². The minimum atomic E-state index is -0.828. The molecule has 3 heterocycles. The van der Waals surface area contributed by atoms with Crippen molar-refractivity contribution in [3.05, 3.63) is 46.2 Å². The molecule has 7 nitrogen and oxygen atoms in total. The number of methoxy groups -OCH3 is 1. The molecule has 1 saturated heterocycles. The van der Waals surface area contributed by atoms with Gasteiger partial charge in [-0.25, -0.2) is 14.6 Å². The zero-order valence-electron chi connectivity index (χ0n) is 15.0. The van der Waals surface area contributed by atoms with Crippen molar-refractivity contribution in [2.45, 2.75) is 19.4 Å². The summed E-state index contributed by atoms with van der Waals surface area (Å²) in [5.41, 5.74) is 1.58. The Hall–Kier alpha value is -2.71. The van der Waals surface area contributed by atoms with Gasteiger partial charge in [-0.2, -0.15) is 0 Å². The number of nitrogens with zero attached hydrogens (tertiary/aromatic N) is 3. The smallest absolute Gasteiger partial charge is 0.340 e. The third-order valence-electron chi connectivity index (χ3n) is 5.11. The highest BCUT2D eigenvalue weighted by atomic mass is 32.1. The summed E-state index contributed by atoms with van der Waals surface area (Å²) in [7, 11) is 1.53. The van der Waals surface area contributed by atoms with Gasteiger partial charge in [-0.1, -0.05) is 0 Å². The lowest BCUT2D eigenvalue weighted by Crippen LogP contribution is -2.45. The van der Waals surface area contributed by atoms with Crippen LogP contribution in [-0.4, -0.2) is 48.0 Å². The molecule has 1 aromatic heterocycles. The minimum absolute atomic E-state index is 0.0886. The molecule has 2 aliphatic heterocycles. The van der Waals surface area contributed by atoms with Crippen molar-refractivity contribution in [3.63, 3.8) is 0 Å². The minimum Gasteiger partial charge on any atom is -0.497 e. The van der Waals surface area contributed by atoms with Gasteiger partial charge in [0.05, 0.1) is 19.5 Å². The van der Waals surface area contributed by atoms with Crippen LogP contribution < -0.4 is 9.64 Å². The third-order valence-corrected chi connectivity index (χ3v) is 6.11. The lowest BCUT2D eigenvalue weighted by atomic mass is 10.0. The van der Waals surface area contributed by atoms with E-state index in [1.807, 2.05) is 0 Å². The molecule has 27 heavy (non-hydrogen) atoms. The topological polar surface area (TPSA) is 70.2 Å². The molecular weight excluding hydrogens is 366 g/mol. The van der Waals surface area contributed by atoms with E-state index in [9.17, 15) is 14.4 Å². The Bertz CT molecular complexity index is 908. The van der Waals surface area contributed by atoms with Crippen LogP contribution in [0.15, 0.2) is 35.7 Å². The summed E-state index contributed by atoms with van der Waals surface area (Å²) in [6.45, 7) is 2.90. The fourth-order valence-corrected chi connectivity index (χ4v) is 4.49. The molecule has 140 valence electrons. The van der Waals surface area contributed by atoms with Crippen LogP contribution in [0.25, 0.3) is 0 Å². The van der Waals surface area contributed by atoms with E-state index in [-0.39, 0.29) is 12.7 Å². The third kappa shape index (κ3) is 2.90. The van der Waals surface area contributed by atoms with E-state index in [2.05, 4.69) is 23.3 Å². The highest BCUT2D eigenvalue weighted by Crippen LogP contribution is 2.33. The summed E-state index contributed by atoms with van der Waals surface area (Å²) in [6, 6.07) is 8.03. The predicted octanol–water partition coefficient (Wildman–Crippen LogP) is 2.63. The van der Waals surface area contributed by atoms with Gasteiger partial charge in [-0.15, -0.1) is 11.3 Å². The normalized spacial score (nSPS) is 20.4. The molecule has 0 N–H and O–H groups in total. The summed E-state index contributed by atoms with van der Waals surface area (Å²) < 4.78 is 5.09. The van der Waals surface area contributed by atoms with Crippen molar-refractivity contribution >= 4 is 34.9 Å². The average molecular weight is 385 g/mol. The van der Waals surface area contributed by atoms with Gasteiger partial charge in [0.15, 0.2) is 0 Å². The highest BCUT2D eigenvalue weighted by molar-refractivity contribution is 7.10. The molecule has 2 aromatic rings. The second-order valence-corrected chi connectivity index (χ2v) is 7.53. The molecule has 1 atom stereocenters. The van der Waals surface area contributed by atoms with Gasteiger partial charge < -0.3 is 4.74 Å². The quantitative estimate of drug-likeness (QED) is 0.598. The molecule has 4 amide bonds. The first-order valence-corrected chi connectivity index (χ1v) is 9.53. The van der Waals surface area contributed by atoms with Gasteiger partial charge in [-0.05, 0) is 54.6 Å². The lowest BCUT2D eigenvalue weighted by Gasteiger charge is -2.35. The molecule has 0 bridgehead atoms. The molecule has 0 saturated carbocycles. The van der Waals surface area contributed by atoms with E-state index < -0.39 is 17.8 Å². The fraction of sp³-hybridized carbons (Fsp3) is 0.316. The Labute approximate surface area is 160 Å². The Morgan fingerprint density at radius 2 is 1.85 bits per heavy atom. The summed E-state index contributed by atoms with van der Waals surface area (Å²) in [5, 5.41) is 2.06. The monoisotopic (exact) mass is 385 g/mol. The van der Waals surface area contributed by atoms with Crippen LogP contribution in [-0.2, 0) is 16.0 Å². The number of urea groups is 1. The number of thiophene rings is 1. The Morgan fingerprint density at radius 1 is 1.11 bits per heavy atom. The number of carbonyl (C=O) groups is 3. The molecule has 0 unspecified atom stereocenters. The maximum Gasteiger partial charge on any atom is 0.340 e. The Morgan fingerprint density at radius 3 is 2.56 bits per heavy atom. The molecule has 1 aromatic carbocycles. The summed E-state index contributed by atoms with van der Waals surface area (Å²) in [5.74, 6) is -1.01. The number of benzene rings is 1. The van der Waals surface area contributed by atoms with Crippen LogP contribution in [0.5, 0.6) is 5.75 Å². The van der Waals surface area contributed by atoms with Crippen molar-refractivity contribution in [2.75, 3.05) is 25.2 Å². The number of ether oxygens (including phenoxy) is 1. The molecule has 0 aliphatic carbocycles. The van der Waals surface area contributed by atoms with Crippen LogP contribution in [0, 0.1) is 0 Å². The van der Waals surface area contributed by atoms with Gasteiger partial charge in [0.25, 0.3) is 0 Å². The van der Waals surface area contributed by atoms with Crippen LogP contribution in [0.1, 0.15) is 23.4 Å². The van der Waals surface area contributed by atoms with Crippen molar-refractivity contribution in [1.29, 1.82) is 0 Å². The number of hydrogen-bond donors (Lipinski definition) is 0. The van der Waals surface area contributed by atoms with Gasteiger partial charge in [0.1, 0.15) is 5.75 Å². The first-order chi connectivity index (χ1) is 13.0. The van der Waals surface area contributed by atoms with Gasteiger partial charge in [-0.3, -0.25) is 14.5 Å². The van der Waals surface area contributed by atoms with Crippen molar-refractivity contribution in [2.24, 2.45) is 0 Å². The molecule has 8 heteroatoms. The molecule has 2 aliphatic rings. The van der Waals surface area contributed by atoms with Crippen LogP contribution >= 0.6 is 11.3 Å².